The Morgan fingerprint density at radius 1 is 1.32 bits per heavy atom. The summed E-state index contributed by atoms with van der Waals surface area (Å²) in [5.74, 6) is -1.09. The summed E-state index contributed by atoms with van der Waals surface area (Å²) in [6.07, 6.45) is 4.50. The van der Waals surface area contributed by atoms with E-state index in [1.54, 1.807) is 6.33 Å². The number of rotatable bonds is 2. The third kappa shape index (κ3) is 1.93. The fraction of sp³-hybridized carbons (Fsp3) is 0.0769. The number of aromatic nitrogens is 4. The highest BCUT2D eigenvalue weighted by Gasteiger charge is 2.09. The summed E-state index contributed by atoms with van der Waals surface area (Å²) >= 11 is 0. The lowest BCUT2D eigenvalue weighted by molar-refractivity contribution is 0.0690. The van der Waals surface area contributed by atoms with Crippen LogP contribution in [0.5, 0.6) is 0 Å². The van der Waals surface area contributed by atoms with E-state index < -0.39 is 5.97 Å². The standard InChI is InChI=1S/C13H10N4O2/c1-17-7-15-9-4-8(2-3-12(9)17)10-5-14-6-11(16-10)13(18)19/h2-7H,1H3,(H,18,19). The van der Waals surface area contributed by atoms with Gasteiger partial charge >= 0.3 is 5.97 Å². The van der Waals surface area contributed by atoms with E-state index in [-0.39, 0.29) is 5.69 Å². The van der Waals surface area contributed by atoms with Crippen LogP contribution in [0.3, 0.4) is 0 Å². The molecule has 94 valence electrons. The van der Waals surface area contributed by atoms with Gasteiger partial charge in [-0.15, -0.1) is 0 Å². The van der Waals surface area contributed by atoms with Crippen LogP contribution in [0.4, 0.5) is 0 Å². The summed E-state index contributed by atoms with van der Waals surface area (Å²) < 4.78 is 1.92. The SMILES string of the molecule is Cn1cnc2cc(-c3cncc(C(=O)O)n3)ccc21. The Bertz CT molecular complexity index is 779. The molecule has 0 radical (unpaired) electrons. The van der Waals surface area contributed by atoms with Crippen LogP contribution < -0.4 is 0 Å². The molecule has 0 aliphatic rings. The minimum atomic E-state index is -1.09. The summed E-state index contributed by atoms with van der Waals surface area (Å²) in [6.45, 7) is 0. The zero-order valence-electron chi connectivity index (χ0n) is 10.1. The fourth-order valence-electron chi connectivity index (χ4n) is 1.90. The first-order chi connectivity index (χ1) is 9.15. The second-order valence-electron chi connectivity index (χ2n) is 4.15. The van der Waals surface area contributed by atoms with Crippen LogP contribution in [-0.4, -0.2) is 30.6 Å². The average molecular weight is 254 g/mol. The molecule has 0 bridgehead atoms. The van der Waals surface area contributed by atoms with Crippen LogP contribution in [0.25, 0.3) is 22.3 Å². The van der Waals surface area contributed by atoms with Crippen molar-refractivity contribution in [2.24, 2.45) is 7.05 Å². The van der Waals surface area contributed by atoms with Crippen LogP contribution in [0.15, 0.2) is 36.9 Å². The fourth-order valence-corrected chi connectivity index (χ4v) is 1.90. The molecule has 3 aromatic rings. The Labute approximate surface area is 108 Å². The molecule has 19 heavy (non-hydrogen) atoms. The summed E-state index contributed by atoms with van der Waals surface area (Å²) in [7, 11) is 1.92. The molecule has 1 aromatic carbocycles. The predicted octanol–water partition coefficient (Wildman–Crippen LogP) is 1.73. The Kier molecular flexibility index (Phi) is 2.49. The van der Waals surface area contributed by atoms with Gasteiger partial charge in [0.05, 0.1) is 35.4 Å². The van der Waals surface area contributed by atoms with E-state index in [4.69, 9.17) is 5.11 Å². The number of aromatic carboxylic acids is 1. The maximum atomic E-state index is 10.9. The highest BCUT2D eigenvalue weighted by Crippen LogP contribution is 2.21. The van der Waals surface area contributed by atoms with E-state index in [1.807, 2.05) is 29.8 Å². The number of aryl methyl sites for hydroxylation is 1. The average Bonchev–Trinajstić information content (AvgIpc) is 2.80. The van der Waals surface area contributed by atoms with E-state index >= 15 is 0 Å². The molecule has 3 rings (SSSR count). The van der Waals surface area contributed by atoms with Crippen molar-refractivity contribution in [3.8, 4) is 11.3 Å². The van der Waals surface area contributed by atoms with Gasteiger partial charge in [0.15, 0.2) is 5.69 Å². The van der Waals surface area contributed by atoms with Crippen molar-refractivity contribution in [3.05, 3.63) is 42.6 Å². The van der Waals surface area contributed by atoms with Crippen LogP contribution >= 0.6 is 0 Å². The lowest BCUT2D eigenvalue weighted by Crippen LogP contribution is -2.01. The second-order valence-corrected chi connectivity index (χ2v) is 4.15. The third-order valence-corrected chi connectivity index (χ3v) is 2.87. The highest BCUT2D eigenvalue weighted by molar-refractivity contribution is 5.86. The van der Waals surface area contributed by atoms with E-state index in [9.17, 15) is 4.79 Å². The molecule has 6 heteroatoms. The molecule has 0 atom stereocenters. The maximum Gasteiger partial charge on any atom is 0.356 e. The maximum absolute atomic E-state index is 10.9. The van der Waals surface area contributed by atoms with Crippen LogP contribution in [0, 0.1) is 0 Å². The number of carboxylic acid groups (broad SMARTS) is 1. The summed E-state index contributed by atoms with van der Waals surface area (Å²) in [5.41, 5.74) is 3.08. The molecule has 0 amide bonds. The normalized spacial score (nSPS) is 10.8. The Balaban J connectivity index is 2.13. The van der Waals surface area contributed by atoms with Gasteiger partial charge in [-0.1, -0.05) is 6.07 Å². The number of hydrogen-bond acceptors (Lipinski definition) is 4. The minimum Gasteiger partial charge on any atom is -0.476 e. The first-order valence-corrected chi connectivity index (χ1v) is 5.62. The zero-order chi connectivity index (χ0) is 13.4. The van der Waals surface area contributed by atoms with Crippen molar-refractivity contribution in [1.29, 1.82) is 0 Å². The Morgan fingerprint density at radius 2 is 2.16 bits per heavy atom. The number of carboxylic acids is 1. The molecule has 0 aliphatic heterocycles. The van der Waals surface area contributed by atoms with Crippen molar-refractivity contribution in [2.75, 3.05) is 0 Å². The summed E-state index contributed by atoms with van der Waals surface area (Å²) in [4.78, 5) is 23.1. The Hall–Kier alpha value is -2.76. The number of benzene rings is 1. The lowest BCUT2D eigenvalue weighted by Gasteiger charge is -2.02. The van der Waals surface area contributed by atoms with Gasteiger partial charge in [0, 0.05) is 12.6 Å². The largest absolute Gasteiger partial charge is 0.476 e. The van der Waals surface area contributed by atoms with Gasteiger partial charge in [-0.3, -0.25) is 4.98 Å². The summed E-state index contributed by atoms with van der Waals surface area (Å²) in [5, 5.41) is 8.91. The molecule has 0 saturated carbocycles. The number of imidazole rings is 1. The van der Waals surface area contributed by atoms with E-state index in [0.29, 0.717) is 5.69 Å². The Morgan fingerprint density at radius 3 is 2.95 bits per heavy atom. The molecular weight excluding hydrogens is 244 g/mol. The molecule has 2 aromatic heterocycles. The van der Waals surface area contributed by atoms with Crippen molar-refractivity contribution >= 4 is 17.0 Å². The van der Waals surface area contributed by atoms with Gasteiger partial charge in [0.1, 0.15) is 0 Å². The van der Waals surface area contributed by atoms with Gasteiger partial charge in [-0.25, -0.2) is 14.8 Å². The van der Waals surface area contributed by atoms with Gasteiger partial charge < -0.3 is 9.67 Å². The third-order valence-electron chi connectivity index (χ3n) is 2.87. The smallest absolute Gasteiger partial charge is 0.356 e. The van der Waals surface area contributed by atoms with E-state index in [0.717, 1.165) is 16.6 Å². The minimum absolute atomic E-state index is 0.0707. The number of fused-ring (bicyclic) bond motifs is 1. The first-order valence-electron chi connectivity index (χ1n) is 5.62. The highest BCUT2D eigenvalue weighted by atomic mass is 16.4. The van der Waals surface area contributed by atoms with Gasteiger partial charge in [-0.05, 0) is 12.1 Å². The van der Waals surface area contributed by atoms with E-state index in [1.165, 1.54) is 12.4 Å². The van der Waals surface area contributed by atoms with Crippen LogP contribution in [0.1, 0.15) is 10.5 Å². The van der Waals surface area contributed by atoms with Crippen molar-refractivity contribution in [3.63, 3.8) is 0 Å². The molecule has 1 N–H and O–H groups in total. The predicted molar refractivity (Wildman–Crippen MR) is 68.7 cm³/mol. The summed E-state index contributed by atoms with van der Waals surface area (Å²) in [6, 6.07) is 5.66. The van der Waals surface area contributed by atoms with E-state index in [2.05, 4.69) is 15.0 Å². The molecule has 0 fully saturated rings. The quantitative estimate of drug-likeness (QED) is 0.753. The van der Waals surface area contributed by atoms with Gasteiger partial charge in [0.2, 0.25) is 0 Å². The van der Waals surface area contributed by atoms with Crippen LogP contribution in [0.2, 0.25) is 0 Å². The molecule has 0 aliphatic carbocycles. The van der Waals surface area contributed by atoms with Gasteiger partial charge in [-0.2, -0.15) is 0 Å². The van der Waals surface area contributed by atoms with Gasteiger partial charge in [0.25, 0.3) is 0 Å². The molecule has 6 nitrogen and oxygen atoms in total. The molecular formula is C13H10N4O2. The molecule has 0 unspecified atom stereocenters. The molecule has 2 heterocycles. The topological polar surface area (TPSA) is 80.9 Å². The van der Waals surface area contributed by atoms with Crippen molar-refractivity contribution in [1.82, 2.24) is 19.5 Å². The second kappa shape index (κ2) is 4.16. The van der Waals surface area contributed by atoms with Crippen molar-refractivity contribution < 1.29 is 9.90 Å². The van der Waals surface area contributed by atoms with Crippen LogP contribution in [-0.2, 0) is 7.05 Å². The lowest BCUT2D eigenvalue weighted by atomic mass is 10.1. The zero-order valence-corrected chi connectivity index (χ0v) is 10.1. The molecule has 0 saturated heterocycles. The number of carbonyl (C=O) groups is 1. The first kappa shape index (κ1) is 11.3. The monoisotopic (exact) mass is 254 g/mol. The number of hydrogen-bond donors (Lipinski definition) is 1. The number of nitrogens with zero attached hydrogens (tertiary/aromatic N) is 4. The van der Waals surface area contributed by atoms with Crippen molar-refractivity contribution in [2.45, 2.75) is 0 Å². The molecule has 0 spiro atoms.